The average Bonchev–Trinajstić information content (AvgIpc) is 3.18. The number of amides is 1. The van der Waals surface area contributed by atoms with E-state index in [0.717, 1.165) is 49.9 Å². The first-order valence-electron chi connectivity index (χ1n) is 12.6. The summed E-state index contributed by atoms with van der Waals surface area (Å²) in [5, 5.41) is 3.02. The average molecular weight is 434 g/mol. The maximum Gasteiger partial charge on any atom is 0.251 e. The van der Waals surface area contributed by atoms with E-state index in [1.807, 2.05) is 30.3 Å². The minimum absolute atomic E-state index is 0.0158. The van der Waals surface area contributed by atoms with Crippen LogP contribution in [0, 0.1) is 0 Å². The normalized spacial score (nSPS) is 11.2. The first-order valence-corrected chi connectivity index (χ1v) is 12.6. The molecule has 1 aromatic heterocycles. The van der Waals surface area contributed by atoms with Crippen LogP contribution in [0.1, 0.15) is 87.3 Å². The number of para-hydroxylation sites is 2. The summed E-state index contributed by atoms with van der Waals surface area (Å²) in [6.45, 7) is 4.06. The van der Waals surface area contributed by atoms with Crippen molar-refractivity contribution in [3.8, 4) is 0 Å². The van der Waals surface area contributed by atoms with Crippen molar-refractivity contribution in [2.75, 3.05) is 6.54 Å². The molecule has 0 saturated heterocycles. The Kier molecular flexibility index (Phi) is 10.3. The maximum atomic E-state index is 12.1. The quantitative estimate of drug-likeness (QED) is 0.264. The van der Waals surface area contributed by atoms with Crippen molar-refractivity contribution in [2.24, 2.45) is 0 Å². The van der Waals surface area contributed by atoms with Gasteiger partial charge >= 0.3 is 0 Å². The Bertz CT molecular complexity index is 932. The summed E-state index contributed by atoms with van der Waals surface area (Å²) in [5.74, 6) is 1.23. The van der Waals surface area contributed by atoms with E-state index in [0.29, 0.717) is 0 Å². The highest BCUT2D eigenvalue weighted by molar-refractivity contribution is 5.94. The van der Waals surface area contributed by atoms with Crippen LogP contribution in [0.25, 0.3) is 11.0 Å². The number of hydrogen-bond acceptors (Lipinski definition) is 2. The summed E-state index contributed by atoms with van der Waals surface area (Å²) in [6, 6.07) is 17.9. The van der Waals surface area contributed by atoms with Gasteiger partial charge in [0.2, 0.25) is 0 Å². The van der Waals surface area contributed by atoms with Crippen molar-refractivity contribution < 1.29 is 4.79 Å². The van der Waals surface area contributed by atoms with E-state index in [4.69, 9.17) is 4.98 Å². The monoisotopic (exact) mass is 433 g/mol. The van der Waals surface area contributed by atoms with Crippen LogP contribution in [0.5, 0.6) is 0 Å². The molecule has 172 valence electrons. The first kappa shape index (κ1) is 24.0. The number of aryl methyl sites for hydroxylation is 2. The molecule has 0 spiro atoms. The lowest BCUT2D eigenvalue weighted by Gasteiger charge is -2.10. The molecule has 3 rings (SSSR count). The predicted octanol–water partition coefficient (Wildman–Crippen LogP) is 6.93. The fraction of sp³-hybridized carbons (Fsp3) is 0.500. The zero-order chi connectivity index (χ0) is 22.4. The fourth-order valence-corrected chi connectivity index (χ4v) is 4.27. The number of imidazole rings is 1. The predicted molar refractivity (Wildman–Crippen MR) is 134 cm³/mol. The van der Waals surface area contributed by atoms with Crippen molar-refractivity contribution in [3.05, 3.63) is 66.0 Å². The molecule has 0 fully saturated rings. The van der Waals surface area contributed by atoms with Gasteiger partial charge in [-0.25, -0.2) is 4.98 Å². The van der Waals surface area contributed by atoms with Gasteiger partial charge in [-0.1, -0.05) is 82.2 Å². The largest absolute Gasteiger partial charge is 0.352 e. The molecule has 0 bridgehead atoms. The molecule has 4 nitrogen and oxygen atoms in total. The number of fused-ring (bicyclic) bond motifs is 1. The van der Waals surface area contributed by atoms with Crippen LogP contribution >= 0.6 is 0 Å². The minimum Gasteiger partial charge on any atom is -0.352 e. The van der Waals surface area contributed by atoms with E-state index in [2.05, 4.69) is 41.1 Å². The molecule has 0 aliphatic rings. The second-order valence-electron chi connectivity index (χ2n) is 8.72. The summed E-state index contributed by atoms with van der Waals surface area (Å²) < 4.78 is 2.44. The van der Waals surface area contributed by atoms with Crippen LogP contribution in [0.2, 0.25) is 0 Å². The zero-order valence-corrected chi connectivity index (χ0v) is 19.7. The van der Waals surface area contributed by atoms with Gasteiger partial charge < -0.3 is 9.88 Å². The molecule has 2 aromatic carbocycles. The number of carbonyl (C=O) groups excluding carboxylic acids is 1. The Morgan fingerprint density at radius 2 is 1.50 bits per heavy atom. The molecule has 4 heteroatoms. The number of rotatable bonds is 15. The van der Waals surface area contributed by atoms with E-state index in [1.54, 1.807) is 0 Å². The lowest BCUT2D eigenvalue weighted by Crippen LogP contribution is -2.24. The van der Waals surface area contributed by atoms with Gasteiger partial charge in [0.1, 0.15) is 5.82 Å². The number of nitrogens with zero attached hydrogens (tertiary/aromatic N) is 2. The molecule has 1 N–H and O–H groups in total. The molecule has 0 radical (unpaired) electrons. The molecule has 0 aliphatic heterocycles. The standard InChI is InChI=1S/C28H39N3O/c1-2-3-4-5-6-7-16-23-31-26-20-14-13-19-25(26)30-27(31)21-12-9-15-22-29-28(32)24-17-10-8-11-18-24/h8,10-11,13-14,17-20H,2-7,9,12,15-16,21-23H2,1H3,(H,29,32). The van der Waals surface area contributed by atoms with E-state index < -0.39 is 0 Å². The third-order valence-corrected chi connectivity index (χ3v) is 6.12. The topological polar surface area (TPSA) is 46.9 Å². The molecule has 0 saturated carbocycles. The summed E-state index contributed by atoms with van der Waals surface area (Å²) in [7, 11) is 0. The van der Waals surface area contributed by atoms with Crippen molar-refractivity contribution >= 4 is 16.9 Å². The Hall–Kier alpha value is -2.62. The van der Waals surface area contributed by atoms with Crippen LogP contribution in [-0.2, 0) is 13.0 Å². The van der Waals surface area contributed by atoms with Gasteiger partial charge in [-0.2, -0.15) is 0 Å². The van der Waals surface area contributed by atoms with Crippen LogP contribution < -0.4 is 5.32 Å². The summed E-state index contributed by atoms with van der Waals surface area (Å²) in [4.78, 5) is 17.0. The second kappa shape index (κ2) is 13.7. The van der Waals surface area contributed by atoms with Crippen LogP contribution in [0.3, 0.4) is 0 Å². The maximum absolute atomic E-state index is 12.1. The fourth-order valence-electron chi connectivity index (χ4n) is 4.27. The smallest absolute Gasteiger partial charge is 0.251 e. The summed E-state index contributed by atoms with van der Waals surface area (Å²) in [6.07, 6.45) is 13.5. The second-order valence-corrected chi connectivity index (χ2v) is 8.72. The molecule has 3 aromatic rings. The third kappa shape index (κ3) is 7.51. The number of benzene rings is 2. The Morgan fingerprint density at radius 1 is 0.812 bits per heavy atom. The Morgan fingerprint density at radius 3 is 2.31 bits per heavy atom. The Labute approximate surface area is 193 Å². The van der Waals surface area contributed by atoms with Gasteiger partial charge in [-0.05, 0) is 43.5 Å². The van der Waals surface area contributed by atoms with Gasteiger partial charge in [-0.3, -0.25) is 4.79 Å². The molecule has 0 atom stereocenters. The first-order chi connectivity index (χ1) is 15.8. The molecule has 0 unspecified atom stereocenters. The highest BCUT2D eigenvalue weighted by Gasteiger charge is 2.10. The van der Waals surface area contributed by atoms with Crippen molar-refractivity contribution in [3.63, 3.8) is 0 Å². The molecule has 1 heterocycles. The zero-order valence-electron chi connectivity index (χ0n) is 19.7. The van der Waals surface area contributed by atoms with Crippen LogP contribution in [0.4, 0.5) is 0 Å². The number of aromatic nitrogens is 2. The highest BCUT2D eigenvalue weighted by Crippen LogP contribution is 2.19. The van der Waals surface area contributed by atoms with Gasteiger partial charge in [0.15, 0.2) is 0 Å². The molecular weight excluding hydrogens is 394 g/mol. The van der Waals surface area contributed by atoms with Crippen molar-refractivity contribution in [1.82, 2.24) is 14.9 Å². The van der Waals surface area contributed by atoms with E-state index in [9.17, 15) is 4.79 Å². The number of nitrogens with one attached hydrogen (secondary N) is 1. The third-order valence-electron chi connectivity index (χ3n) is 6.12. The molecule has 32 heavy (non-hydrogen) atoms. The summed E-state index contributed by atoms with van der Waals surface area (Å²) in [5.41, 5.74) is 3.11. The van der Waals surface area contributed by atoms with E-state index in [1.165, 1.54) is 56.3 Å². The lowest BCUT2D eigenvalue weighted by molar-refractivity contribution is 0.0953. The number of unbranched alkanes of at least 4 members (excludes halogenated alkanes) is 8. The lowest BCUT2D eigenvalue weighted by atomic mass is 10.1. The minimum atomic E-state index is 0.0158. The van der Waals surface area contributed by atoms with Gasteiger partial charge in [0.25, 0.3) is 5.91 Å². The molecular formula is C28H39N3O. The summed E-state index contributed by atoms with van der Waals surface area (Å²) >= 11 is 0. The van der Waals surface area contributed by atoms with Crippen molar-refractivity contribution in [2.45, 2.75) is 84.1 Å². The van der Waals surface area contributed by atoms with Crippen LogP contribution in [0.15, 0.2) is 54.6 Å². The molecule has 1 amide bonds. The van der Waals surface area contributed by atoms with Crippen LogP contribution in [-0.4, -0.2) is 22.0 Å². The van der Waals surface area contributed by atoms with Gasteiger partial charge in [-0.15, -0.1) is 0 Å². The van der Waals surface area contributed by atoms with E-state index in [-0.39, 0.29) is 5.91 Å². The highest BCUT2D eigenvalue weighted by atomic mass is 16.1. The Balaban J connectivity index is 1.41. The van der Waals surface area contributed by atoms with Crippen molar-refractivity contribution in [1.29, 1.82) is 0 Å². The molecule has 0 aliphatic carbocycles. The van der Waals surface area contributed by atoms with Gasteiger partial charge in [0, 0.05) is 25.1 Å². The van der Waals surface area contributed by atoms with E-state index >= 15 is 0 Å². The number of carbonyl (C=O) groups is 1. The van der Waals surface area contributed by atoms with Gasteiger partial charge in [0.05, 0.1) is 11.0 Å². The SMILES string of the molecule is CCCCCCCCCn1c(CCCCCNC(=O)c2ccccc2)nc2ccccc21. The number of hydrogen-bond donors (Lipinski definition) is 1.